The molecule has 2 unspecified atom stereocenters. The topological polar surface area (TPSA) is 92.9 Å². The zero-order chi connectivity index (χ0) is 11.6. The summed E-state index contributed by atoms with van der Waals surface area (Å²) in [6.07, 6.45) is 0.433. The molecule has 6 heteroatoms. The number of rotatable bonds is 3. The van der Waals surface area contributed by atoms with Crippen molar-refractivity contribution in [2.45, 2.75) is 24.9 Å². The highest BCUT2D eigenvalue weighted by Crippen LogP contribution is 2.18. The van der Waals surface area contributed by atoms with E-state index in [0.29, 0.717) is 13.0 Å². The Balaban J connectivity index is 2.71. The van der Waals surface area contributed by atoms with Gasteiger partial charge in [0.2, 0.25) is 5.91 Å². The van der Waals surface area contributed by atoms with E-state index in [4.69, 9.17) is 15.6 Å². The SMILES string of the molecule is CC(C(=O)O)N(C)C(=O)C1(N)CCOC1. The van der Waals surface area contributed by atoms with E-state index in [-0.39, 0.29) is 12.5 Å². The molecule has 0 radical (unpaired) electrons. The fourth-order valence-electron chi connectivity index (χ4n) is 1.44. The van der Waals surface area contributed by atoms with Crippen molar-refractivity contribution in [2.75, 3.05) is 20.3 Å². The Bertz CT molecular complexity index is 273. The number of amides is 1. The van der Waals surface area contributed by atoms with Gasteiger partial charge in [0.25, 0.3) is 0 Å². The van der Waals surface area contributed by atoms with Crippen LogP contribution in [0.3, 0.4) is 0 Å². The summed E-state index contributed by atoms with van der Waals surface area (Å²) in [6, 6.07) is -0.876. The second kappa shape index (κ2) is 4.16. The van der Waals surface area contributed by atoms with Crippen molar-refractivity contribution in [1.82, 2.24) is 4.90 Å². The van der Waals surface area contributed by atoms with E-state index in [1.54, 1.807) is 0 Å². The maximum absolute atomic E-state index is 11.9. The van der Waals surface area contributed by atoms with Crippen molar-refractivity contribution in [3.05, 3.63) is 0 Å². The van der Waals surface area contributed by atoms with Crippen molar-refractivity contribution in [3.8, 4) is 0 Å². The van der Waals surface area contributed by atoms with Crippen LogP contribution in [-0.2, 0) is 14.3 Å². The van der Waals surface area contributed by atoms with Crippen LogP contribution in [-0.4, -0.2) is 53.7 Å². The molecule has 2 atom stereocenters. The molecule has 1 heterocycles. The number of carboxylic acid groups (broad SMARTS) is 1. The van der Waals surface area contributed by atoms with E-state index in [9.17, 15) is 9.59 Å². The van der Waals surface area contributed by atoms with Crippen LogP contribution in [0.2, 0.25) is 0 Å². The summed E-state index contributed by atoms with van der Waals surface area (Å²) >= 11 is 0. The number of hydrogen-bond acceptors (Lipinski definition) is 4. The molecule has 3 N–H and O–H groups in total. The molecule has 1 amide bonds. The zero-order valence-electron chi connectivity index (χ0n) is 8.90. The third kappa shape index (κ3) is 2.27. The van der Waals surface area contributed by atoms with Crippen LogP contribution in [0.25, 0.3) is 0 Å². The summed E-state index contributed by atoms with van der Waals surface area (Å²) < 4.78 is 5.05. The number of carboxylic acids is 1. The van der Waals surface area contributed by atoms with Crippen molar-refractivity contribution in [3.63, 3.8) is 0 Å². The quantitative estimate of drug-likeness (QED) is 0.633. The molecule has 0 aliphatic carbocycles. The fourth-order valence-corrected chi connectivity index (χ4v) is 1.44. The van der Waals surface area contributed by atoms with Crippen LogP contribution in [0.15, 0.2) is 0 Å². The van der Waals surface area contributed by atoms with Crippen molar-refractivity contribution >= 4 is 11.9 Å². The van der Waals surface area contributed by atoms with E-state index in [1.807, 2.05) is 0 Å². The van der Waals surface area contributed by atoms with Crippen LogP contribution in [0.4, 0.5) is 0 Å². The summed E-state index contributed by atoms with van der Waals surface area (Å²) in [5, 5.41) is 8.76. The Morgan fingerprint density at radius 2 is 2.20 bits per heavy atom. The summed E-state index contributed by atoms with van der Waals surface area (Å²) in [5.74, 6) is -1.43. The lowest BCUT2D eigenvalue weighted by Gasteiger charge is -2.29. The van der Waals surface area contributed by atoms with Gasteiger partial charge in [0.05, 0.1) is 6.61 Å². The standard InChI is InChI=1S/C9H16N2O4/c1-6(7(12)13)11(2)8(14)9(10)3-4-15-5-9/h6H,3-5,10H2,1-2H3,(H,12,13). The Hall–Kier alpha value is -1.14. The number of likely N-dealkylation sites (N-methyl/N-ethyl adjacent to an activating group) is 1. The van der Waals surface area contributed by atoms with Crippen molar-refractivity contribution in [2.24, 2.45) is 5.73 Å². The summed E-state index contributed by atoms with van der Waals surface area (Å²) in [7, 11) is 1.44. The first-order chi connectivity index (χ1) is 6.88. The second-order valence-electron chi connectivity index (χ2n) is 3.89. The maximum Gasteiger partial charge on any atom is 0.326 e. The van der Waals surface area contributed by atoms with Gasteiger partial charge in [0.1, 0.15) is 11.6 Å². The molecule has 15 heavy (non-hydrogen) atoms. The third-order valence-electron chi connectivity index (χ3n) is 2.74. The predicted molar refractivity (Wildman–Crippen MR) is 52.2 cm³/mol. The summed E-state index contributed by atoms with van der Waals surface area (Å²) in [5.41, 5.74) is 4.78. The number of nitrogens with zero attached hydrogens (tertiary/aromatic N) is 1. The van der Waals surface area contributed by atoms with Gasteiger partial charge in [-0.25, -0.2) is 4.79 Å². The molecule has 86 valence electrons. The number of hydrogen-bond donors (Lipinski definition) is 2. The molecule has 0 aromatic heterocycles. The van der Waals surface area contributed by atoms with Gasteiger partial charge < -0.3 is 20.5 Å². The lowest BCUT2D eigenvalue weighted by Crippen LogP contribution is -2.57. The van der Waals surface area contributed by atoms with Gasteiger partial charge in [0, 0.05) is 13.7 Å². The Labute approximate surface area is 88.0 Å². The maximum atomic E-state index is 11.9. The minimum atomic E-state index is -1.06. The van der Waals surface area contributed by atoms with Gasteiger partial charge in [-0.1, -0.05) is 0 Å². The molecule has 0 aromatic carbocycles. The van der Waals surface area contributed by atoms with Crippen molar-refractivity contribution < 1.29 is 19.4 Å². The van der Waals surface area contributed by atoms with Gasteiger partial charge in [-0.3, -0.25) is 4.79 Å². The smallest absolute Gasteiger partial charge is 0.326 e. The van der Waals surface area contributed by atoms with Crippen LogP contribution < -0.4 is 5.73 Å². The molecule has 1 fully saturated rings. The monoisotopic (exact) mass is 216 g/mol. The van der Waals surface area contributed by atoms with E-state index < -0.39 is 17.6 Å². The van der Waals surface area contributed by atoms with Gasteiger partial charge in [-0.05, 0) is 13.3 Å². The molecular weight excluding hydrogens is 200 g/mol. The van der Waals surface area contributed by atoms with Gasteiger partial charge in [-0.2, -0.15) is 0 Å². The minimum Gasteiger partial charge on any atom is -0.480 e. The molecule has 1 rings (SSSR count). The van der Waals surface area contributed by atoms with Crippen LogP contribution in [0, 0.1) is 0 Å². The second-order valence-corrected chi connectivity index (χ2v) is 3.89. The molecule has 0 aromatic rings. The Morgan fingerprint density at radius 3 is 2.60 bits per heavy atom. The number of nitrogens with two attached hydrogens (primary N) is 1. The third-order valence-corrected chi connectivity index (χ3v) is 2.74. The molecule has 0 bridgehead atoms. The predicted octanol–water partition coefficient (Wildman–Crippen LogP) is -0.964. The Morgan fingerprint density at radius 1 is 1.60 bits per heavy atom. The van der Waals surface area contributed by atoms with Crippen LogP contribution in [0.1, 0.15) is 13.3 Å². The highest BCUT2D eigenvalue weighted by molar-refractivity contribution is 5.90. The largest absolute Gasteiger partial charge is 0.480 e. The average molecular weight is 216 g/mol. The molecule has 6 nitrogen and oxygen atoms in total. The molecule has 1 aliphatic rings. The molecule has 0 saturated carbocycles. The average Bonchev–Trinajstić information content (AvgIpc) is 2.62. The first kappa shape index (κ1) is 11.9. The highest BCUT2D eigenvalue weighted by atomic mass is 16.5. The number of ether oxygens (including phenoxy) is 1. The van der Waals surface area contributed by atoms with Crippen LogP contribution in [0.5, 0.6) is 0 Å². The molecular formula is C9H16N2O4. The van der Waals surface area contributed by atoms with Crippen LogP contribution >= 0.6 is 0 Å². The molecule has 1 aliphatic heterocycles. The van der Waals surface area contributed by atoms with E-state index >= 15 is 0 Å². The van der Waals surface area contributed by atoms with Gasteiger partial charge >= 0.3 is 5.97 Å². The van der Waals surface area contributed by atoms with E-state index in [1.165, 1.54) is 14.0 Å². The summed E-state index contributed by atoms with van der Waals surface area (Å²) in [4.78, 5) is 23.7. The first-order valence-electron chi connectivity index (χ1n) is 4.75. The lowest BCUT2D eigenvalue weighted by molar-refractivity contribution is -0.150. The van der Waals surface area contributed by atoms with E-state index in [2.05, 4.69) is 0 Å². The first-order valence-corrected chi connectivity index (χ1v) is 4.75. The molecule has 1 saturated heterocycles. The van der Waals surface area contributed by atoms with Crippen molar-refractivity contribution in [1.29, 1.82) is 0 Å². The normalized spacial score (nSPS) is 27.4. The van der Waals surface area contributed by atoms with E-state index in [0.717, 1.165) is 4.90 Å². The Kier molecular flexibility index (Phi) is 3.31. The molecule has 0 spiro atoms. The number of carbonyl (C=O) groups is 2. The summed E-state index contributed by atoms with van der Waals surface area (Å²) in [6.45, 7) is 2.04. The highest BCUT2D eigenvalue weighted by Gasteiger charge is 2.41. The lowest BCUT2D eigenvalue weighted by atomic mass is 9.98. The zero-order valence-corrected chi connectivity index (χ0v) is 8.90. The van der Waals surface area contributed by atoms with Gasteiger partial charge in [0.15, 0.2) is 0 Å². The number of aliphatic carboxylic acids is 1. The van der Waals surface area contributed by atoms with Gasteiger partial charge in [-0.15, -0.1) is 0 Å². The minimum absolute atomic E-state index is 0.155. The fraction of sp³-hybridized carbons (Fsp3) is 0.778. The number of carbonyl (C=O) groups excluding carboxylic acids is 1.